The zero-order valence-corrected chi connectivity index (χ0v) is 8.79. The Hall–Kier alpha value is -1.36. The lowest BCUT2D eigenvalue weighted by Crippen LogP contribution is -2.21. The largest absolute Gasteiger partial charge is 0.311 e. The van der Waals surface area contributed by atoms with Crippen LogP contribution in [0.1, 0.15) is 12.0 Å². The van der Waals surface area contributed by atoms with Crippen molar-refractivity contribution in [2.24, 2.45) is 0 Å². The quantitative estimate of drug-likeness (QED) is 0.741. The number of carbonyl (C=O) groups excluding carboxylic acids is 1. The van der Waals surface area contributed by atoms with Crippen LogP contribution >= 0.6 is 0 Å². The molecule has 78 valence electrons. The Morgan fingerprint density at radius 1 is 1.64 bits per heavy atom. The Balaban J connectivity index is 2.38. The number of amides is 1. The van der Waals surface area contributed by atoms with Crippen molar-refractivity contribution < 1.29 is 4.79 Å². The van der Waals surface area contributed by atoms with Crippen molar-refractivity contribution in [1.82, 2.24) is 15.1 Å². The Labute approximate surface area is 83.5 Å². The van der Waals surface area contributed by atoms with Gasteiger partial charge in [-0.2, -0.15) is 5.10 Å². The molecule has 0 aliphatic heterocycles. The fraction of sp³-hybridized carbons (Fsp3) is 0.556. The van der Waals surface area contributed by atoms with Crippen LogP contribution in [0.25, 0.3) is 0 Å². The molecule has 2 N–H and O–H groups in total. The van der Waals surface area contributed by atoms with Crippen LogP contribution < -0.4 is 5.32 Å². The summed E-state index contributed by atoms with van der Waals surface area (Å²) >= 11 is 0. The summed E-state index contributed by atoms with van der Waals surface area (Å²) in [7, 11) is 3.88. The van der Waals surface area contributed by atoms with Crippen molar-refractivity contribution in [2.45, 2.75) is 13.3 Å². The lowest BCUT2D eigenvalue weighted by Gasteiger charge is -2.08. The van der Waals surface area contributed by atoms with Gasteiger partial charge in [0.1, 0.15) is 5.82 Å². The van der Waals surface area contributed by atoms with Gasteiger partial charge in [0.25, 0.3) is 0 Å². The third kappa shape index (κ3) is 3.18. The Morgan fingerprint density at radius 3 is 2.86 bits per heavy atom. The van der Waals surface area contributed by atoms with Crippen LogP contribution in [-0.2, 0) is 4.79 Å². The molecule has 0 aromatic carbocycles. The maximum absolute atomic E-state index is 11.4. The van der Waals surface area contributed by atoms with E-state index in [1.807, 2.05) is 25.9 Å². The van der Waals surface area contributed by atoms with E-state index in [2.05, 4.69) is 15.5 Å². The highest BCUT2D eigenvalue weighted by atomic mass is 16.1. The van der Waals surface area contributed by atoms with Crippen LogP contribution in [0.15, 0.2) is 6.20 Å². The fourth-order valence-corrected chi connectivity index (χ4v) is 1.000. The second-order valence-electron chi connectivity index (χ2n) is 3.53. The van der Waals surface area contributed by atoms with Crippen molar-refractivity contribution in [3.63, 3.8) is 0 Å². The molecule has 5 nitrogen and oxygen atoms in total. The number of rotatable bonds is 4. The van der Waals surface area contributed by atoms with Gasteiger partial charge in [-0.15, -0.1) is 0 Å². The molecule has 1 rings (SSSR count). The number of carbonyl (C=O) groups is 1. The van der Waals surface area contributed by atoms with Gasteiger partial charge in [0, 0.05) is 18.5 Å². The number of aromatic amines is 1. The van der Waals surface area contributed by atoms with E-state index in [9.17, 15) is 4.79 Å². The first-order valence-corrected chi connectivity index (χ1v) is 4.54. The molecule has 0 spiro atoms. The number of nitrogens with one attached hydrogen (secondary N) is 2. The highest BCUT2D eigenvalue weighted by Gasteiger charge is 2.05. The van der Waals surface area contributed by atoms with Gasteiger partial charge in [-0.3, -0.25) is 9.89 Å². The summed E-state index contributed by atoms with van der Waals surface area (Å²) in [6.07, 6.45) is 2.17. The number of aryl methyl sites for hydroxylation is 1. The molecule has 1 amide bonds. The second kappa shape index (κ2) is 4.76. The lowest BCUT2D eigenvalue weighted by molar-refractivity contribution is -0.116. The maximum Gasteiger partial charge on any atom is 0.226 e. The number of hydrogen-bond donors (Lipinski definition) is 2. The molecule has 5 heteroatoms. The normalized spacial score (nSPS) is 10.6. The highest BCUT2D eigenvalue weighted by Crippen LogP contribution is 2.08. The van der Waals surface area contributed by atoms with E-state index in [1.54, 1.807) is 6.20 Å². The summed E-state index contributed by atoms with van der Waals surface area (Å²) in [6.45, 7) is 2.64. The Kier molecular flexibility index (Phi) is 3.64. The summed E-state index contributed by atoms with van der Waals surface area (Å²) < 4.78 is 0. The Morgan fingerprint density at radius 2 is 2.36 bits per heavy atom. The molecule has 0 saturated heterocycles. The molecule has 1 aromatic rings. The molecular weight excluding hydrogens is 180 g/mol. The predicted molar refractivity (Wildman–Crippen MR) is 55.1 cm³/mol. The van der Waals surface area contributed by atoms with Gasteiger partial charge in [0.05, 0.1) is 6.20 Å². The molecule has 0 saturated carbocycles. The van der Waals surface area contributed by atoms with Gasteiger partial charge in [0.15, 0.2) is 0 Å². The summed E-state index contributed by atoms with van der Waals surface area (Å²) in [6, 6.07) is 0. The molecule has 0 aliphatic carbocycles. The van der Waals surface area contributed by atoms with Crippen LogP contribution in [0.3, 0.4) is 0 Å². The molecule has 0 unspecified atom stereocenters. The SMILES string of the molecule is Cc1cn[nH]c1NC(=O)CCN(C)C. The first kappa shape index (κ1) is 10.7. The molecule has 0 atom stereocenters. The van der Waals surface area contributed by atoms with E-state index in [-0.39, 0.29) is 5.91 Å². The number of hydrogen-bond acceptors (Lipinski definition) is 3. The van der Waals surface area contributed by atoms with Gasteiger partial charge in [-0.05, 0) is 21.0 Å². The van der Waals surface area contributed by atoms with Gasteiger partial charge in [-0.1, -0.05) is 0 Å². The number of nitrogens with zero attached hydrogens (tertiary/aromatic N) is 2. The van der Waals surface area contributed by atoms with Gasteiger partial charge >= 0.3 is 0 Å². The number of aromatic nitrogens is 2. The standard InChI is InChI=1S/C9H16N4O/c1-7-6-10-12-9(7)11-8(14)4-5-13(2)3/h6H,4-5H2,1-3H3,(H2,10,11,12,14). The van der Waals surface area contributed by atoms with E-state index >= 15 is 0 Å². The van der Waals surface area contributed by atoms with Crippen LogP contribution in [0.4, 0.5) is 5.82 Å². The van der Waals surface area contributed by atoms with Crippen LogP contribution in [0, 0.1) is 6.92 Å². The summed E-state index contributed by atoms with van der Waals surface area (Å²) in [5, 5.41) is 9.31. The summed E-state index contributed by atoms with van der Waals surface area (Å²) in [4.78, 5) is 13.4. The molecule has 14 heavy (non-hydrogen) atoms. The zero-order valence-electron chi connectivity index (χ0n) is 8.79. The number of H-pyrrole nitrogens is 1. The van der Waals surface area contributed by atoms with Crippen molar-refractivity contribution in [2.75, 3.05) is 26.0 Å². The first-order valence-electron chi connectivity index (χ1n) is 4.54. The fourth-order valence-electron chi connectivity index (χ4n) is 1.000. The minimum atomic E-state index is 0.00560. The van der Waals surface area contributed by atoms with Gasteiger partial charge in [-0.25, -0.2) is 0 Å². The first-order chi connectivity index (χ1) is 6.59. The monoisotopic (exact) mass is 196 g/mol. The molecule has 0 bridgehead atoms. The van der Waals surface area contributed by atoms with Crippen molar-refractivity contribution in [3.8, 4) is 0 Å². The molecule has 0 aliphatic rings. The lowest BCUT2D eigenvalue weighted by atomic mass is 10.3. The van der Waals surface area contributed by atoms with Crippen LogP contribution in [0.2, 0.25) is 0 Å². The second-order valence-corrected chi connectivity index (χ2v) is 3.53. The van der Waals surface area contributed by atoms with E-state index in [1.165, 1.54) is 0 Å². The maximum atomic E-state index is 11.4. The average Bonchev–Trinajstić information content (AvgIpc) is 2.49. The van der Waals surface area contributed by atoms with Gasteiger partial charge < -0.3 is 10.2 Å². The van der Waals surface area contributed by atoms with E-state index in [0.29, 0.717) is 12.2 Å². The van der Waals surface area contributed by atoms with Crippen molar-refractivity contribution >= 4 is 11.7 Å². The third-order valence-corrected chi connectivity index (χ3v) is 1.88. The van der Waals surface area contributed by atoms with E-state index in [4.69, 9.17) is 0 Å². The summed E-state index contributed by atoms with van der Waals surface area (Å²) in [5.41, 5.74) is 0.947. The van der Waals surface area contributed by atoms with Crippen molar-refractivity contribution in [3.05, 3.63) is 11.8 Å². The third-order valence-electron chi connectivity index (χ3n) is 1.88. The Bertz CT molecular complexity index is 306. The molecular formula is C9H16N4O. The minimum Gasteiger partial charge on any atom is -0.311 e. The van der Waals surface area contributed by atoms with Gasteiger partial charge in [0.2, 0.25) is 5.91 Å². The van der Waals surface area contributed by atoms with Crippen LogP contribution in [0.5, 0.6) is 0 Å². The van der Waals surface area contributed by atoms with Crippen LogP contribution in [-0.4, -0.2) is 41.6 Å². The topological polar surface area (TPSA) is 61.0 Å². The van der Waals surface area contributed by atoms with Crippen molar-refractivity contribution in [1.29, 1.82) is 0 Å². The smallest absolute Gasteiger partial charge is 0.226 e. The average molecular weight is 196 g/mol. The minimum absolute atomic E-state index is 0.00560. The van der Waals surface area contributed by atoms with E-state index in [0.717, 1.165) is 12.1 Å². The molecule has 0 fully saturated rings. The highest BCUT2D eigenvalue weighted by molar-refractivity contribution is 5.90. The summed E-state index contributed by atoms with van der Waals surface area (Å²) in [5.74, 6) is 0.694. The number of anilines is 1. The molecule has 0 radical (unpaired) electrons. The van der Waals surface area contributed by atoms with E-state index < -0.39 is 0 Å². The molecule has 1 heterocycles. The zero-order chi connectivity index (χ0) is 10.6. The molecule has 1 aromatic heterocycles. The predicted octanol–water partition coefficient (Wildman–Crippen LogP) is 0.608.